The van der Waals surface area contributed by atoms with E-state index in [1.807, 2.05) is 48.5 Å². The van der Waals surface area contributed by atoms with E-state index < -0.39 is 0 Å². The third-order valence-electron chi connectivity index (χ3n) is 4.91. The second-order valence-corrected chi connectivity index (χ2v) is 6.85. The predicted molar refractivity (Wildman–Crippen MR) is 103 cm³/mol. The summed E-state index contributed by atoms with van der Waals surface area (Å²) in [5.74, 6) is 0.967. The largest absolute Gasteiger partial charge is 0.455 e. The number of likely N-dealkylation sites (tertiary alicyclic amines) is 1. The van der Waals surface area contributed by atoms with Crippen LogP contribution in [0.1, 0.15) is 46.3 Å². The van der Waals surface area contributed by atoms with E-state index in [0.717, 1.165) is 36.5 Å². The van der Waals surface area contributed by atoms with Crippen molar-refractivity contribution in [3.63, 3.8) is 0 Å². The molecule has 0 bridgehead atoms. The molecule has 1 N–H and O–H groups in total. The normalized spacial score (nSPS) is 15.6. The smallest absolute Gasteiger partial charge is 0.287 e. The molecule has 0 unspecified atom stereocenters. The van der Waals surface area contributed by atoms with Gasteiger partial charge in [0, 0.05) is 12.4 Å². The van der Waals surface area contributed by atoms with Crippen LogP contribution in [0, 0.1) is 0 Å². The summed E-state index contributed by atoms with van der Waals surface area (Å²) >= 11 is 0. The van der Waals surface area contributed by atoms with E-state index in [-0.39, 0.29) is 11.9 Å². The molecule has 3 heterocycles. The number of rotatable bonds is 6. The second kappa shape index (κ2) is 8.18. The van der Waals surface area contributed by atoms with E-state index in [1.54, 1.807) is 18.5 Å². The number of furan rings is 1. The lowest BCUT2D eigenvalue weighted by molar-refractivity contribution is 0.0911. The number of nitrogens with zero attached hydrogens (tertiary/aromatic N) is 2. The van der Waals surface area contributed by atoms with Crippen LogP contribution in [0.2, 0.25) is 0 Å². The van der Waals surface area contributed by atoms with E-state index in [2.05, 4.69) is 15.2 Å². The predicted octanol–water partition coefficient (Wildman–Crippen LogP) is 3.79. The number of nitrogens with one attached hydrogen (secondary N) is 1. The monoisotopic (exact) mass is 361 g/mol. The van der Waals surface area contributed by atoms with Gasteiger partial charge in [-0.2, -0.15) is 0 Å². The zero-order valence-corrected chi connectivity index (χ0v) is 15.2. The molecule has 1 fully saturated rings. The average molecular weight is 361 g/mol. The Bertz CT molecular complexity index is 831. The molecule has 3 aromatic rings. The molecule has 0 radical (unpaired) electrons. The van der Waals surface area contributed by atoms with E-state index in [4.69, 9.17) is 4.42 Å². The summed E-state index contributed by atoms with van der Waals surface area (Å²) in [7, 11) is 0. The van der Waals surface area contributed by atoms with Crippen molar-refractivity contribution in [3.05, 3.63) is 89.6 Å². The van der Waals surface area contributed by atoms with Crippen LogP contribution in [0.15, 0.2) is 71.4 Å². The molecule has 0 aliphatic carbocycles. The average Bonchev–Trinajstić information content (AvgIpc) is 3.40. The van der Waals surface area contributed by atoms with Crippen LogP contribution >= 0.6 is 0 Å². The standard InChI is InChI=1S/C22H23N3O2/c26-22(20-9-8-19(27-20)16-25-14-4-5-15-25)24-21(17-6-2-1-3-7-17)18-10-12-23-13-11-18/h1-3,6-13,21H,4-5,14-16H2,(H,24,26)/t21-/m0/s1. The van der Waals surface area contributed by atoms with Gasteiger partial charge in [-0.3, -0.25) is 14.7 Å². The van der Waals surface area contributed by atoms with Gasteiger partial charge in [0.15, 0.2) is 5.76 Å². The quantitative estimate of drug-likeness (QED) is 0.726. The number of hydrogen-bond acceptors (Lipinski definition) is 4. The minimum atomic E-state index is -0.256. The number of carbonyl (C=O) groups excluding carboxylic acids is 1. The minimum absolute atomic E-state index is 0.215. The second-order valence-electron chi connectivity index (χ2n) is 6.85. The highest BCUT2D eigenvalue weighted by atomic mass is 16.4. The Morgan fingerprint density at radius 3 is 2.44 bits per heavy atom. The van der Waals surface area contributed by atoms with Gasteiger partial charge in [0.1, 0.15) is 5.76 Å². The maximum Gasteiger partial charge on any atom is 0.287 e. The maximum atomic E-state index is 12.8. The highest BCUT2D eigenvalue weighted by Crippen LogP contribution is 2.22. The van der Waals surface area contributed by atoms with E-state index in [9.17, 15) is 4.79 Å². The van der Waals surface area contributed by atoms with Crippen molar-refractivity contribution in [1.29, 1.82) is 0 Å². The molecule has 5 heteroatoms. The molecule has 1 aliphatic rings. The van der Waals surface area contributed by atoms with Crippen molar-refractivity contribution in [2.24, 2.45) is 0 Å². The summed E-state index contributed by atoms with van der Waals surface area (Å²) in [6.07, 6.45) is 5.94. The zero-order valence-electron chi connectivity index (χ0n) is 15.2. The SMILES string of the molecule is O=C(N[C@@H](c1ccccc1)c1ccncc1)c1ccc(CN2CCCC2)o1. The molecule has 4 rings (SSSR count). The van der Waals surface area contributed by atoms with Crippen LogP contribution in [0.5, 0.6) is 0 Å². The molecule has 1 saturated heterocycles. The summed E-state index contributed by atoms with van der Waals surface area (Å²) in [5, 5.41) is 3.10. The molecule has 138 valence electrons. The van der Waals surface area contributed by atoms with Crippen molar-refractivity contribution in [1.82, 2.24) is 15.2 Å². The van der Waals surface area contributed by atoms with Gasteiger partial charge in [0.2, 0.25) is 0 Å². The van der Waals surface area contributed by atoms with Gasteiger partial charge in [0.25, 0.3) is 5.91 Å². The van der Waals surface area contributed by atoms with Gasteiger partial charge >= 0.3 is 0 Å². The van der Waals surface area contributed by atoms with E-state index in [1.165, 1.54) is 12.8 Å². The third kappa shape index (κ3) is 4.26. The number of benzene rings is 1. The molecule has 1 atom stereocenters. The van der Waals surface area contributed by atoms with Crippen LogP contribution in [0.4, 0.5) is 0 Å². The summed E-state index contributed by atoms with van der Waals surface area (Å²) in [6.45, 7) is 2.96. The van der Waals surface area contributed by atoms with Gasteiger partial charge in [-0.25, -0.2) is 0 Å². The number of amides is 1. The fourth-order valence-corrected chi connectivity index (χ4v) is 3.51. The number of carbonyl (C=O) groups is 1. The molecular weight excluding hydrogens is 338 g/mol. The highest BCUT2D eigenvalue weighted by molar-refractivity contribution is 5.92. The Hall–Kier alpha value is -2.92. The van der Waals surface area contributed by atoms with Gasteiger partial charge in [-0.15, -0.1) is 0 Å². The first-order valence-corrected chi connectivity index (χ1v) is 9.36. The van der Waals surface area contributed by atoms with Crippen LogP contribution < -0.4 is 5.32 Å². The Balaban J connectivity index is 1.51. The number of hydrogen-bond donors (Lipinski definition) is 1. The molecule has 1 aromatic carbocycles. The first-order chi connectivity index (χ1) is 13.3. The van der Waals surface area contributed by atoms with Gasteiger partial charge in [0.05, 0.1) is 12.6 Å². The Morgan fingerprint density at radius 2 is 1.70 bits per heavy atom. The summed E-state index contributed by atoms with van der Waals surface area (Å²) < 4.78 is 5.81. The molecule has 0 spiro atoms. The van der Waals surface area contributed by atoms with Crippen molar-refractivity contribution >= 4 is 5.91 Å². The molecule has 27 heavy (non-hydrogen) atoms. The van der Waals surface area contributed by atoms with Gasteiger partial charge in [-0.1, -0.05) is 30.3 Å². The third-order valence-corrected chi connectivity index (χ3v) is 4.91. The fourth-order valence-electron chi connectivity index (χ4n) is 3.51. The van der Waals surface area contributed by atoms with Crippen LogP contribution in [-0.2, 0) is 6.54 Å². The lowest BCUT2D eigenvalue weighted by Crippen LogP contribution is -2.29. The van der Waals surface area contributed by atoms with Crippen LogP contribution in [0.3, 0.4) is 0 Å². The maximum absolute atomic E-state index is 12.8. The first-order valence-electron chi connectivity index (χ1n) is 9.36. The lowest BCUT2D eigenvalue weighted by atomic mass is 9.99. The summed E-state index contributed by atoms with van der Waals surface area (Å²) in [5.41, 5.74) is 1.99. The summed E-state index contributed by atoms with van der Waals surface area (Å²) in [4.78, 5) is 19.2. The summed E-state index contributed by atoms with van der Waals surface area (Å²) in [6, 6.07) is 17.1. The van der Waals surface area contributed by atoms with Crippen LogP contribution in [0.25, 0.3) is 0 Å². The minimum Gasteiger partial charge on any atom is -0.455 e. The van der Waals surface area contributed by atoms with Gasteiger partial charge in [-0.05, 0) is 61.3 Å². The molecule has 1 aliphatic heterocycles. The number of aromatic nitrogens is 1. The van der Waals surface area contributed by atoms with Gasteiger partial charge < -0.3 is 9.73 Å². The molecule has 2 aromatic heterocycles. The Kier molecular flexibility index (Phi) is 5.30. The van der Waals surface area contributed by atoms with E-state index in [0.29, 0.717) is 5.76 Å². The first kappa shape index (κ1) is 17.5. The Morgan fingerprint density at radius 1 is 1.00 bits per heavy atom. The fraction of sp³-hybridized carbons (Fsp3) is 0.273. The van der Waals surface area contributed by atoms with Crippen molar-refractivity contribution in [2.75, 3.05) is 13.1 Å². The molecule has 0 saturated carbocycles. The topological polar surface area (TPSA) is 58.4 Å². The van der Waals surface area contributed by atoms with Crippen molar-refractivity contribution in [3.8, 4) is 0 Å². The van der Waals surface area contributed by atoms with Crippen molar-refractivity contribution in [2.45, 2.75) is 25.4 Å². The lowest BCUT2D eigenvalue weighted by Gasteiger charge is -2.19. The van der Waals surface area contributed by atoms with Crippen LogP contribution in [-0.4, -0.2) is 28.9 Å². The van der Waals surface area contributed by atoms with E-state index >= 15 is 0 Å². The highest BCUT2D eigenvalue weighted by Gasteiger charge is 2.21. The zero-order chi connectivity index (χ0) is 18.5. The molecule has 1 amide bonds. The number of pyridine rings is 1. The molecular formula is C22H23N3O2. The molecule has 5 nitrogen and oxygen atoms in total. The Labute approximate surface area is 159 Å². The van der Waals surface area contributed by atoms with Crippen molar-refractivity contribution < 1.29 is 9.21 Å².